The highest BCUT2D eigenvalue weighted by Gasteiger charge is 2.26. The largest absolute Gasteiger partial charge is 0.371 e. The van der Waals surface area contributed by atoms with E-state index in [1.165, 1.54) is 5.69 Å². The van der Waals surface area contributed by atoms with Crippen molar-refractivity contribution in [2.45, 2.75) is 38.8 Å². The second kappa shape index (κ2) is 6.70. The molecule has 1 aliphatic heterocycles. The zero-order chi connectivity index (χ0) is 14.5. The fraction of sp³-hybridized carbons (Fsp3) is 0.600. The minimum absolute atomic E-state index is 0.228. The number of nitrogens with one attached hydrogen (secondary N) is 1. The van der Waals surface area contributed by atoms with E-state index in [1.807, 2.05) is 38.4 Å². The minimum Gasteiger partial charge on any atom is -0.371 e. The van der Waals surface area contributed by atoms with E-state index >= 15 is 0 Å². The maximum absolute atomic E-state index is 11.4. The van der Waals surface area contributed by atoms with E-state index in [-0.39, 0.29) is 17.9 Å². The van der Waals surface area contributed by atoms with Crippen molar-refractivity contribution in [2.75, 3.05) is 18.0 Å². The molecule has 1 aromatic heterocycles. The van der Waals surface area contributed by atoms with Crippen LogP contribution in [0.5, 0.6) is 0 Å². The van der Waals surface area contributed by atoms with Crippen LogP contribution in [0.3, 0.4) is 0 Å². The number of hydrogen-bond acceptors (Lipinski definition) is 4. The van der Waals surface area contributed by atoms with Gasteiger partial charge in [0.2, 0.25) is 5.91 Å². The molecule has 110 valence electrons. The Bertz CT molecular complexity index is 427. The van der Waals surface area contributed by atoms with Gasteiger partial charge in [-0.25, -0.2) is 0 Å². The molecular weight excluding hydrogens is 252 g/mol. The number of carbonyl (C=O) groups is 1. The summed E-state index contributed by atoms with van der Waals surface area (Å²) in [6.07, 6.45) is 5.70. The maximum Gasteiger partial charge on any atom is 0.234 e. The summed E-state index contributed by atoms with van der Waals surface area (Å²) in [5, 5.41) is 3.41. The molecule has 0 saturated carbocycles. The number of anilines is 1. The van der Waals surface area contributed by atoms with Crippen LogP contribution in [0.15, 0.2) is 24.5 Å². The summed E-state index contributed by atoms with van der Waals surface area (Å²) in [4.78, 5) is 17.8. The van der Waals surface area contributed by atoms with Gasteiger partial charge in [0.25, 0.3) is 0 Å². The Kier molecular flexibility index (Phi) is 4.95. The highest BCUT2D eigenvalue weighted by atomic mass is 16.1. The Labute approximate surface area is 120 Å². The van der Waals surface area contributed by atoms with E-state index in [1.54, 1.807) is 0 Å². The van der Waals surface area contributed by atoms with Gasteiger partial charge in [-0.3, -0.25) is 9.78 Å². The monoisotopic (exact) mass is 276 g/mol. The van der Waals surface area contributed by atoms with Crippen LogP contribution in [0.25, 0.3) is 0 Å². The summed E-state index contributed by atoms with van der Waals surface area (Å²) in [6.45, 7) is 6.03. The second-order valence-corrected chi connectivity index (χ2v) is 5.76. The van der Waals surface area contributed by atoms with Crippen LogP contribution < -0.4 is 16.0 Å². The number of carbonyl (C=O) groups excluding carboxylic acids is 1. The molecule has 1 fully saturated rings. The van der Waals surface area contributed by atoms with Gasteiger partial charge >= 0.3 is 0 Å². The smallest absolute Gasteiger partial charge is 0.234 e. The van der Waals surface area contributed by atoms with Crippen LogP contribution in [-0.2, 0) is 4.79 Å². The Balaban J connectivity index is 1.87. The molecule has 0 aliphatic carbocycles. The SMILES string of the molecule is CC(C)C(NC1CCN(c2ccncc2)CC1)C(N)=O. The molecule has 2 rings (SSSR count). The number of nitrogens with zero attached hydrogens (tertiary/aromatic N) is 2. The van der Waals surface area contributed by atoms with Gasteiger partial charge in [-0.15, -0.1) is 0 Å². The molecule has 1 aromatic rings. The van der Waals surface area contributed by atoms with E-state index in [4.69, 9.17) is 5.73 Å². The number of amides is 1. The Morgan fingerprint density at radius 2 is 1.95 bits per heavy atom. The van der Waals surface area contributed by atoms with Crippen molar-refractivity contribution in [3.63, 3.8) is 0 Å². The molecule has 1 unspecified atom stereocenters. The summed E-state index contributed by atoms with van der Waals surface area (Å²) in [5.74, 6) is -0.0257. The van der Waals surface area contributed by atoms with Crippen molar-refractivity contribution in [3.8, 4) is 0 Å². The van der Waals surface area contributed by atoms with Crippen LogP contribution in [0.4, 0.5) is 5.69 Å². The minimum atomic E-state index is -0.253. The van der Waals surface area contributed by atoms with E-state index < -0.39 is 0 Å². The van der Waals surface area contributed by atoms with Gasteiger partial charge in [-0.05, 0) is 30.9 Å². The van der Waals surface area contributed by atoms with Crippen molar-refractivity contribution in [1.29, 1.82) is 0 Å². The first-order valence-corrected chi connectivity index (χ1v) is 7.28. The van der Waals surface area contributed by atoms with Gasteiger partial charge in [-0.1, -0.05) is 13.8 Å². The lowest BCUT2D eigenvalue weighted by Crippen LogP contribution is -2.52. The zero-order valence-corrected chi connectivity index (χ0v) is 12.2. The van der Waals surface area contributed by atoms with Gasteiger partial charge in [0.15, 0.2) is 0 Å². The summed E-state index contributed by atoms with van der Waals surface area (Å²) < 4.78 is 0. The highest BCUT2D eigenvalue weighted by molar-refractivity contribution is 5.80. The summed E-state index contributed by atoms with van der Waals surface area (Å²) >= 11 is 0. The average Bonchev–Trinajstić information content (AvgIpc) is 2.45. The van der Waals surface area contributed by atoms with Gasteiger partial charge in [0, 0.05) is 37.2 Å². The fourth-order valence-corrected chi connectivity index (χ4v) is 2.72. The van der Waals surface area contributed by atoms with E-state index in [0.717, 1.165) is 25.9 Å². The second-order valence-electron chi connectivity index (χ2n) is 5.76. The fourth-order valence-electron chi connectivity index (χ4n) is 2.72. The standard InChI is InChI=1S/C15H24N4O/c1-11(2)14(15(16)20)18-12-5-9-19(10-6-12)13-3-7-17-8-4-13/h3-4,7-8,11-12,14,18H,5-6,9-10H2,1-2H3,(H2,16,20). The summed E-state index contributed by atoms with van der Waals surface area (Å²) in [6, 6.07) is 4.21. The van der Waals surface area contributed by atoms with Crippen LogP contribution >= 0.6 is 0 Å². The molecule has 1 aliphatic rings. The van der Waals surface area contributed by atoms with Crippen molar-refractivity contribution in [2.24, 2.45) is 11.7 Å². The van der Waals surface area contributed by atoms with Crippen LogP contribution in [-0.4, -0.2) is 36.1 Å². The van der Waals surface area contributed by atoms with Gasteiger partial charge in [-0.2, -0.15) is 0 Å². The lowest BCUT2D eigenvalue weighted by molar-refractivity contribution is -0.121. The third-order valence-corrected chi connectivity index (χ3v) is 3.91. The first-order valence-electron chi connectivity index (χ1n) is 7.28. The predicted octanol–water partition coefficient (Wildman–Crippen LogP) is 1.15. The molecule has 3 N–H and O–H groups in total. The van der Waals surface area contributed by atoms with Crippen molar-refractivity contribution in [3.05, 3.63) is 24.5 Å². The number of rotatable bonds is 5. The van der Waals surface area contributed by atoms with Gasteiger partial charge in [0.05, 0.1) is 6.04 Å². The maximum atomic E-state index is 11.4. The number of primary amides is 1. The first-order chi connectivity index (χ1) is 9.58. The van der Waals surface area contributed by atoms with Crippen molar-refractivity contribution < 1.29 is 4.79 Å². The molecule has 2 heterocycles. The average molecular weight is 276 g/mol. The zero-order valence-electron chi connectivity index (χ0n) is 12.2. The number of nitrogens with two attached hydrogens (primary N) is 1. The summed E-state index contributed by atoms with van der Waals surface area (Å²) in [7, 11) is 0. The third kappa shape index (κ3) is 3.70. The molecule has 20 heavy (non-hydrogen) atoms. The normalized spacial score (nSPS) is 18.2. The van der Waals surface area contributed by atoms with Gasteiger partial charge < -0.3 is 16.0 Å². The lowest BCUT2D eigenvalue weighted by atomic mass is 9.98. The molecule has 0 radical (unpaired) electrons. The number of aromatic nitrogens is 1. The highest BCUT2D eigenvalue weighted by Crippen LogP contribution is 2.19. The molecule has 0 aromatic carbocycles. The lowest BCUT2D eigenvalue weighted by Gasteiger charge is -2.36. The molecule has 1 saturated heterocycles. The van der Waals surface area contributed by atoms with Crippen molar-refractivity contribution in [1.82, 2.24) is 10.3 Å². The topological polar surface area (TPSA) is 71.2 Å². The van der Waals surface area contributed by atoms with Gasteiger partial charge in [0.1, 0.15) is 0 Å². The van der Waals surface area contributed by atoms with E-state index in [0.29, 0.717) is 6.04 Å². The Hall–Kier alpha value is -1.62. The Morgan fingerprint density at radius 3 is 2.45 bits per heavy atom. The van der Waals surface area contributed by atoms with Crippen molar-refractivity contribution >= 4 is 11.6 Å². The molecule has 5 nitrogen and oxygen atoms in total. The molecule has 1 atom stereocenters. The molecule has 1 amide bonds. The van der Waals surface area contributed by atoms with E-state index in [2.05, 4.69) is 15.2 Å². The quantitative estimate of drug-likeness (QED) is 0.846. The Morgan fingerprint density at radius 1 is 1.35 bits per heavy atom. The molecular formula is C15H24N4O. The number of hydrogen-bond donors (Lipinski definition) is 2. The molecule has 5 heteroatoms. The number of pyridine rings is 1. The van der Waals surface area contributed by atoms with Crippen LogP contribution in [0.2, 0.25) is 0 Å². The molecule has 0 spiro atoms. The summed E-state index contributed by atoms with van der Waals surface area (Å²) in [5.41, 5.74) is 6.67. The predicted molar refractivity (Wildman–Crippen MR) is 80.4 cm³/mol. The van der Waals surface area contributed by atoms with E-state index in [9.17, 15) is 4.79 Å². The first kappa shape index (κ1) is 14.8. The van der Waals surface area contributed by atoms with Crippen LogP contribution in [0, 0.1) is 5.92 Å². The number of piperidine rings is 1. The third-order valence-electron chi connectivity index (χ3n) is 3.91. The molecule has 0 bridgehead atoms. The van der Waals surface area contributed by atoms with Crippen LogP contribution in [0.1, 0.15) is 26.7 Å².